The zero-order valence-electron chi connectivity index (χ0n) is 13.7. The Morgan fingerprint density at radius 1 is 1.33 bits per heavy atom. The minimum Gasteiger partial charge on any atom is -0.442 e. The predicted molar refractivity (Wildman–Crippen MR) is 90.1 cm³/mol. The van der Waals surface area contributed by atoms with Gasteiger partial charge in [-0.3, -0.25) is 14.7 Å². The van der Waals surface area contributed by atoms with Crippen LogP contribution in [0.3, 0.4) is 0 Å². The van der Waals surface area contributed by atoms with Gasteiger partial charge in [0.15, 0.2) is 0 Å². The molecule has 1 fully saturated rings. The van der Waals surface area contributed by atoms with Crippen LogP contribution in [0.4, 0.5) is 10.5 Å². The number of anilines is 1. The van der Waals surface area contributed by atoms with E-state index in [0.29, 0.717) is 12.1 Å². The summed E-state index contributed by atoms with van der Waals surface area (Å²) in [7, 11) is 0. The maximum atomic E-state index is 12.1. The third-order valence-electron chi connectivity index (χ3n) is 4.09. The first kappa shape index (κ1) is 16.0. The largest absolute Gasteiger partial charge is 0.442 e. The summed E-state index contributed by atoms with van der Waals surface area (Å²) in [6, 6.07) is 9.24. The van der Waals surface area contributed by atoms with E-state index in [1.807, 2.05) is 32.0 Å². The summed E-state index contributed by atoms with van der Waals surface area (Å²) in [5.41, 5.74) is 3.58. The summed E-state index contributed by atoms with van der Waals surface area (Å²) in [6.07, 6.45) is 2.34. The number of cyclic esters (lactones) is 1. The monoisotopic (exact) mass is 325 g/mol. The van der Waals surface area contributed by atoms with Crippen molar-refractivity contribution in [3.63, 3.8) is 0 Å². The van der Waals surface area contributed by atoms with E-state index < -0.39 is 0 Å². The van der Waals surface area contributed by atoms with Gasteiger partial charge in [-0.2, -0.15) is 0 Å². The molecule has 1 atom stereocenters. The molecular weight excluding hydrogens is 306 g/mol. The summed E-state index contributed by atoms with van der Waals surface area (Å²) in [5, 5.41) is 2.77. The van der Waals surface area contributed by atoms with Gasteiger partial charge in [-0.15, -0.1) is 0 Å². The van der Waals surface area contributed by atoms with E-state index >= 15 is 0 Å². The van der Waals surface area contributed by atoms with Crippen LogP contribution in [-0.2, 0) is 4.74 Å². The van der Waals surface area contributed by atoms with Crippen molar-refractivity contribution < 1.29 is 14.3 Å². The van der Waals surface area contributed by atoms with Crippen LogP contribution in [0.25, 0.3) is 0 Å². The zero-order valence-corrected chi connectivity index (χ0v) is 13.7. The molecule has 2 heterocycles. The van der Waals surface area contributed by atoms with Gasteiger partial charge in [0, 0.05) is 18.1 Å². The molecule has 0 saturated carbocycles. The molecule has 0 bridgehead atoms. The Balaban J connectivity index is 1.60. The summed E-state index contributed by atoms with van der Waals surface area (Å²) in [5.74, 6) is -0.233. The van der Waals surface area contributed by atoms with Gasteiger partial charge in [0.25, 0.3) is 5.91 Å². The number of hydrogen-bond acceptors (Lipinski definition) is 4. The second-order valence-electron chi connectivity index (χ2n) is 5.84. The van der Waals surface area contributed by atoms with Gasteiger partial charge >= 0.3 is 6.09 Å². The second kappa shape index (κ2) is 6.70. The van der Waals surface area contributed by atoms with Crippen LogP contribution in [0.5, 0.6) is 0 Å². The third-order valence-corrected chi connectivity index (χ3v) is 4.09. The van der Waals surface area contributed by atoms with Crippen molar-refractivity contribution in [3.8, 4) is 0 Å². The molecule has 6 heteroatoms. The van der Waals surface area contributed by atoms with E-state index in [1.54, 1.807) is 23.2 Å². The van der Waals surface area contributed by atoms with E-state index in [4.69, 9.17) is 4.74 Å². The highest BCUT2D eigenvalue weighted by Gasteiger charge is 2.32. The Morgan fingerprint density at radius 3 is 2.88 bits per heavy atom. The lowest BCUT2D eigenvalue weighted by Gasteiger charge is -2.14. The summed E-state index contributed by atoms with van der Waals surface area (Å²) < 4.78 is 5.34. The van der Waals surface area contributed by atoms with Crippen LogP contribution in [0.1, 0.15) is 21.5 Å². The van der Waals surface area contributed by atoms with E-state index in [0.717, 1.165) is 11.3 Å². The van der Waals surface area contributed by atoms with Crippen LogP contribution in [0, 0.1) is 13.8 Å². The van der Waals surface area contributed by atoms with E-state index in [2.05, 4.69) is 10.3 Å². The molecule has 3 rings (SSSR count). The quantitative estimate of drug-likeness (QED) is 0.937. The molecule has 1 saturated heterocycles. The SMILES string of the molecule is Cc1ccc(N2CC(CNC(=O)c3cccnc3)OC2=O)cc1C. The topological polar surface area (TPSA) is 71.5 Å². The van der Waals surface area contributed by atoms with Crippen molar-refractivity contribution in [2.24, 2.45) is 0 Å². The average Bonchev–Trinajstić information content (AvgIpc) is 2.97. The molecule has 1 N–H and O–H groups in total. The molecule has 2 amide bonds. The summed E-state index contributed by atoms with van der Waals surface area (Å²) >= 11 is 0. The number of aromatic nitrogens is 1. The molecular formula is C18H19N3O3. The standard InChI is InChI=1S/C18H19N3O3/c1-12-5-6-15(8-13(12)2)21-11-16(24-18(21)23)10-20-17(22)14-4-3-7-19-9-14/h3-9,16H,10-11H2,1-2H3,(H,20,22). The first-order valence-electron chi connectivity index (χ1n) is 7.78. The number of aryl methyl sites for hydroxylation is 2. The number of benzene rings is 1. The Bertz CT molecular complexity index is 761. The molecule has 1 unspecified atom stereocenters. The number of ether oxygens (including phenoxy) is 1. The van der Waals surface area contributed by atoms with Gasteiger partial charge in [0.2, 0.25) is 0 Å². The van der Waals surface area contributed by atoms with Crippen molar-refractivity contribution in [3.05, 3.63) is 59.4 Å². The van der Waals surface area contributed by atoms with Gasteiger partial charge in [0.05, 0.1) is 18.7 Å². The van der Waals surface area contributed by atoms with Crippen molar-refractivity contribution in [1.29, 1.82) is 0 Å². The van der Waals surface area contributed by atoms with E-state index in [9.17, 15) is 9.59 Å². The number of nitrogens with zero attached hydrogens (tertiary/aromatic N) is 2. The molecule has 0 aliphatic carbocycles. The van der Waals surface area contributed by atoms with Crippen molar-refractivity contribution >= 4 is 17.7 Å². The van der Waals surface area contributed by atoms with Gasteiger partial charge < -0.3 is 10.1 Å². The summed E-state index contributed by atoms with van der Waals surface area (Å²) in [6.45, 7) is 4.71. The van der Waals surface area contributed by atoms with Gasteiger partial charge in [-0.1, -0.05) is 6.07 Å². The number of carbonyl (C=O) groups excluding carboxylic acids is 2. The highest BCUT2D eigenvalue weighted by Crippen LogP contribution is 2.23. The highest BCUT2D eigenvalue weighted by atomic mass is 16.6. The Morgan fingerprint density at radius 2 is 2.17 bits per heavy atom. The fourth-order valence-corrected chi connectivity index (χ4v) is 2.54. The first-order valence-corrected chi connectivity index (χ1v) is 7.78. The van der Waals surface area contributed by atoms with Crippen LogP contribution in [0.2, 0.25) is 0 Å². The van der Waals surface area contributed by atoms with Crippen LogP contribution >= 0.6 is 0 Å². The normalized spacial score (nSPS) is 16.8. The zero-order chi connectivity index (χ0) is 17.1. The molecule has 24 heavy (non-hydrogen) atoms. The number of hydrogen-bond donors (Lipinski definition) is 1. The lowest BCUT2D eigenvalue weighted by Crippen LogP contribution is -2.34. The van der Waals surface area contributed by atoms with Crippen molar-refractivity contribution in [2.45, 2.75) is 20.0 Å². The highest BCUT2D eigenvalue weighted by molar-refractivity contribution is 5.94. The molecule has 1 aromatic heterocycles. The average molecular weight is 325 g/mol. The number of rotatable bonds is 4. The Kier molecular flexibility index (Phi) is 4.46. The lowest BCUT2D eigenvalue weighted by atomic mass is 10.1. The predicted octanol–water partition coefficient (Wildman–Crippen LogP) is 2.45. The van der Waals surface area contributed by atoms with Crippen molar-refractivity contribution in [2.75, 3.05) is 18.0 Å². The molecule has 6 nitrogen and oxygen atoms in total. The minimum atomic E-state index is -0.390. The number of pyridine rings is 1. The van der Waals surface area contributed by atoms with Gasteiger partial charge in [-0.25, -0.2) is 4.79 Å². The maximum Gasteiger partial charge on any atom is 0.414 e. The molecule has 1 aromatic carbocycles. The van der Waals surface area contributed by atoms with Crippen molar-refractivity contribution in [1.82, 2.24) is 10.3 Å². The number of carbonyl (C=O) groups is 2. The molecule has 0 spiro atoms. The fraction of sp³-hybridized carbons (Fsp3) is 0.278. The second-order valence-corrected chi connectivity index (χ2v) is 5.84. The Hall–Kier alpha value is -2.89. The fourth-order valence-electron chi connectivity index (χ4n) is 2.54. The summed E-state index contributed by atoms with van der Waals surface area (Å²) in [4.78, 5) is 29.6. The lowest BCUT2D eigenvalue weighted by molar-refractivity contribution is 0.0915. The van der Waals surface area contributed by atoms with E-state index in [-0.39, 0.29) is 24.6 Å². The van der Waals surface area contributed by atoms with Gasteiger partial charge in [0.1, 0.15) is 6.10 Å². The molecule has 124 valence electrons. The Labute approximate surface area is 140 Å². The minimum absolute atomic E-state index is 0.233. The van der Waals surface area contributed by atoms with E-state index in [1.165, 1.54) is 11.8 Å². The third kappa shape index (κ3) is 3.37. The van der Waals surface area contributed by atoms with Crippen LogP contribution < -0.4 is 10.2 Å². The molecule has 2 aromatic rings. The first-order chi connectivity index (χ1) is 11.5. The molecule has 0 radical (unpaired) electrons. The maximum absolute atomic E-state index is 12.1. The van der Waals surface area contributed by atoms with Gasteiger partial charge in [-0.05, 0) is 49.2 Å². The number of nitrogens with one attached hydrogen (secondary N) is 1. The van der Waals surface area contributed by atoms with Crippen LogP contribution in [-0.4, -0.2) is 36.2 Å². The molecule has 1 aliphatic rings. The van der Waals surface area contributed by atoms with Crippen LogP contribution in [0.15, 0.2) is 42.7 Å². The smallest absolute Gasteiger partial charge is 0.414 e. The molecule has 1 aliphatic heterocycles. The number of amides is 2.